The lowest BCUT2D eigenvalue weighted by atomic mass is 9.62. The van der Waals surface area contributed by atoms with E-state index < -0.39 is 23.1 Å². The minimum Gasteiger partial charge on any atom is -0.491 e. The van der Waals surface area contributed by atoms with Crippen LogP contribution in [0.5, 0.6) is 5.75 Å². The summed E-state index contributed by atoms with van der Waals surface area (Å²) in [5, 5.41) is 11.9. The van der Waals surface area contributed by atoms with Crippen molar-refractivity contribution in [3.05, 3.63) is 70.3 Å². The van der Waals surface area contributed by atoms with Gasteiger partial charge in [-0.15, -0.1) is 10.2 Å². The molecule has 0 spiro atoms. The number of amides is 1. The fraction of sp³-hybridized carbons (Fsp3) is 0.531. The number of methoxy groups -OCH3 is 1. The van der Waals surface area contributed by atoms with Crippen molar-refractivity contribution in [1.29, 1.82) is 0 Å². The Morgan fingerprint density at radius 3 is 2.47 bits per heavy atom. The number of fused-ring (bicyclic) bond motifs is 1. The number of ether oxygens (including phenoxy) is 2. The number of carbonyl (C=O) groups excluding carboxylic acids is 1. The lowest BCUT2D eigenvalue weighted by Crippen LogP contribution is -2.48. The van der Waals surface area contributed by atoms with E-state index in [-0.39, 0.29) is 42.0 Å². The van der Waals surface area contributed by atoms with Gasteiger partial charge in [-0.05, 0) is 93.8 Å². The number of anilines is 1. The molecule has 1 aromatic heterocycles. The van der Waals surface area contributed by atoms with Crippen LogP contribution < -0.4 is 15.0 Å². The predicted molar refractivity (Wildman–Crippen MR) is 155 cm³/mol. The molecule has 0 saturated heterocycles. The molecule has 3 aliphatic rings. The molecular formula is C32H38F3N5O3. The normalized spacial score (nSPS) is 22.9. The zero-order valence-corrected chi connectivity index (χ0v) is 25.2. The maximum absolute atomic E-state index is 14.4. The number of nitrogens with one attached hydrogen (secondary N) is 1. The second-order valence-corrected chi connectivity index (χ2v) is 12.8. The molecule has 0 radical (unpaired) electrons. The first-order valence-corrected chi connectivity index (χ1v) is 14.8. The van der Waals surface area contributed by atoms with Crippen LogP contribution >= 0.6 is 0 Å². The van der Waals surface area contributed by atoms with Crippen LogP contribution in [0, 0.1) is 0 Å². The molecule has 0 atom stereocenters. The van der Waals surface area contributed by atoms with Crippen molar-refractivity contribution >= 4 is 11.6 Å². The van der Waals surface area contributed by atoms with Crippen molar-refractivity contribution in [3.63, 3.8) is 0 Å². The van der Waals surface area contributed by atoms with Gasteiger partial charge in [0.05, 0.1) is 29.7 Å². The van der Waals surface area contributed by atoms with E-state index in [4.69, 9.17) is 9.47 Å². The molecule has 0 unspecified atom stereocenters. The third kappa shape index (κ3) is 5.31. The molecule has 230 valence electrons. The molecule has 11 heteroatoms. The summed E-state index contributed by atoms with van der Waals surface area (Å²) in [5.41, 5.74) is 0.474. The minimum atomic E-state index is -4.60. The summed E-state index contributed by atoms with van der Waals surface area (Å²) in [6.07, 6.45) is 1.24. The SMILES string of the molecule is CO[C@H]1C[C@](c2cc(OC(C)C)cc(N3Cc4c(cc(CNC5(C)CCC5)cc4C(F)(F)F)C3=O)c2)(c2nncn2C)C1. The average molecular weight is 598 g/mol. The molecule has 2 aromatic carbocycles. The van der Waals surface area contributed by atoms with Gasteiger partial charge in [-0.3, -0.25) is 4.79 Å². The van der Waals surface area contributed by atoms with Gasteiger partial charge in [0.2, 0.25) is 0 Å². The summed E-state index contributed by atoms with van der Waals surface area (Å²) in [5.74, 6) is 0.824. The summed E-state index contributed by atoms with van der Waals surface area (Å²) < 4.78 is 56.7. The van der Waals surface area contributed by atoms with E-state index in [1.807, 2.05) is 37.6 Å². The van der Waals surface area contributed by atoms with Gasteiger partial charge in [-0.25, -0.2) is 0 Å². The molecule has 1 aliphatic heterocycles. The maximum atomic E-state index is 14.4. The molecule has 43 heavy (non-hydrogen) atoms. The Hall–Kier alpha value is -3.44. The molecule has 2 saturated carbocycles. The summed E-state index contributed by atoms with van der Waals surface area (Å²) >= 11 is 0. The average Bonchev–Trinajstić information content (AvgIpc) is 3.47. The Morgan fingerprint density at radius 2 is 1.88 bits per heavy atom. The molecule has 2 aliphatic carbocycles. The molecule has 1 N–H and O–H groups in total. The third-order valence-electron chi connectivity index (χ3n) is 9.34. The summed E-state index contributed by atoms with van der Waals surface area (Å²) in [6.45, 7) is 5.97. The van der Waals surface area contributed by atoms with E-state index in [0.29, 0.717) is 29.8 Å². The number of hydrogen-bond donors (Lipinski definition) is 1. The number of aryl methyl sites for hydroxylation is 1. The number of halogens is 3. The van der Waals surface area contributed by atoms with Crippen molar-refractivity contribution in [1.82, 2.24) is 20.1 Å². The highest BCUT2D eigenvalue weighted by atomic mass is 19.4. The molecule has 6 rings (SSSR count). The Kier molecular flexibility index (Phi) is 7.32. The van der Waals surface area contributed by atoms with E-state index in [9.17, 15) is 18.0 Å². The van der Waals surface area contributed by atoms with E-state index in [1.54, 1.807) is 25.6 Å². The highest BCUT2D eigenvalue weighted by Gasteiger charge is 2.51. The zero-order valence-electron chi connectivity index (χ0n) is 25.2. The predicted octanol–water partition coefficient (Wildman–Crippen LogP) is 5.91. The van der Waals surface area contributed by atoms with Crippen molar-refractivity contribution in [3.8, 4) is 5.75 Å². The van der Waals surface area contributed by atoms with Crippen molar-refractivity contribution < 1.29 is 27.4 Å². The second kappa shape index (κ2) is 10.6. The van der Waals surface area contributed by atoms with Gasteiger partial charge in [-0.2, -0.15) is 13.2 Å². The van der Waals surface area contributed by atoms with Gasteiger partial charge in [0.15, 0.2) is 0 Å². The van der Waals surface area contributed by atoms with Gasteiger partial charge < -0.3 is 24.3 Å². The van der Waals surface area contributed by atoms with E-state index in [0.717, 1.165) is 30.7 Å². The maximum Gasteiger partial charge on any atom is 0.416 e. The highest BCUT2D eigenvalue weighted by molar-refractivity contribution is 6.10. The van der Waals surface area contributed by atoms with Crippen molar-refractivity contribution in [2.75, 3.05) is 12.0 Å². The topological polar surface area (TPSA) is 81.5 Å². The summed E-state index contributed by atoms with van der Waals surface area (Å²) in [6, 6.07) is 8.36. The van der Waals surface area contributed by atoms with Crippen LogP contribution in [0.1, 0.15) is 91.3 Å². The largest absolute Gasteiger partial charge is 0.491 e. The first-order valence-electron chi connectivity index (χ1n) is 14.8. The first-order chi connectivity index (χ1) is 20.3. The van der Waals surface area contributed by atoms with Crippen LogP contribution in [0.4, 0.5) is 18.9 Å². The molecular weight excluding hydrogens is 559 g/mol. The monoisotopic (exact) mass is 597 g/mol. The van der Waals surface area contributed by atoms with Crippen LogP contribution in [0.3, 0.4) is 0 Å². The Bertz CT molecular complexity index is 1540. The Labute approximate surface area is 249 Å². The van der Waals surface area contributed by atoms with E-state index in [1.165, 1.54) is 11.0 Å². The van der Waals surface area contributed by atoms with E-state index >= 15 is 0 Å². The molecule has 1 amide bonds. The van der Waals surface area contributed by atoms with Gasteiger partial charge >= 0.3 is 6.18 Å². The Morgan fingerprint density at radius 1 is 1.14 bits per heavy atom. The van der Waals surface area contributed by atoms with Crippen molar-refractivity contribution in [2.24, 2.45) is 7.05 Å². The van der Waals surface area contributed by atoms with Gasteiger partial charge in [-0.1, -0.05) is 0 Å². The third-order valence-corrected chi connectivity index (χ3v) is 9.34. The van der Waals surface area contributed by atoms with Gasteiger partial charge in [0, 0.05) is 43.6 Å². The standard InChI is InChI=1S/C32H38F3N5O3/c1-19(2)43-23-12-21(31(14-24(15-31)42-5)29-38-37-18-39(29)4)11-22(13-23)40-17-26-25(28(40)41)9-20(10-27(26)32(33,34)35)16-36-30(3)7-6-8-30/h9-13,18-19,24,36H,6-8,14-17H2,1-5H3/t24-,31-. The number of benzene rings is 2. The smallest absolute Gasteiger partial charge is 0.416 e. The number of rotatable bonds is 9. The first kappa shape index (κ1) is 29.6. The van der Waals surface area contributed by atoms with Crippen LogP contribution in [0.2, 0.25) is 0 Å². The fourth-order valence-corrected chi connectivity index (χ4v) is 6.73. The van der Waals surface area contributed by atoms with Gasteiger partial charge in [0.25, 0.3) is 5.91 Å². The zero-order chi connectivity index (χ0) is 30.7. The highest BCUT2D eigenvalue weighted by Crippen LogP contribution is 2.51. The summed E-state index contributed by atoms with van der Waals surface area (Å²) in [4.78, 5) is 15.3. The van der Waals surface area contributed by atoms with Crippen molar-refractivity contribution in [2.45, 2.75) is 95.3 Å². The second-order valence-electron chi connectivity index (χ2n) is 12.8. The number of nitrogens with zero attached hydrogens (tertiary/aromatic N) is 4. The van der Waals surface area contributed by atoms with Gasteiger partial charge in [0.1, 0.15) is 17.9 Å². The summed E-state index contributed by atoms with van der Waals surface area (Å²) in [7, 11) is 3.55. The Balaban J connectivity index is 1.41. The van der Waals surface area contributed by atoms with Crippen LogP contribution in [0.25, 0.3) is 0 Å². The molecule has 2 heterocycles. The molecule has 0 bridgehead atoms. The number of carbonyl (C=O) groups is 1. The fourth-order valence-electron chi connectivity index (χ4n) is 6.73. The number of alkyl halides is 3. The number of hydrogen-bond acceptors (Lipinski definition) is 6. The molecule has 3 aromatic rings. The van der Waals surface area contributed by atoms with Crippen LogP contribution in [0.15, 0.2) is 36.7 Å². The van der Waals surface area contributed by atoms with E-state index in [2.05, 4.69) is 22.4 Å². The lowest BCUT2D eigenvalue weighted by Gasteiger charge is -2.46. The minimum absolute atomic E-state index is 0.000979. The molecule has 2 fully saturated rings. The quantitative estimate of drug-likeness (QED) is 0.331. The van der Waals surface area contributed by atoms with Crippen LogP contribution in [-0.2, 0) is 36.5 Å². The number of aromatic nitrogens is 3. The van der Waals surface area contributed by atoms with Crippen LogP contribution in [-0.4, -0.2) is 45.5 Å². The molecule has 8 nitrogen and oxygen atoms in total. The lowest BCUT2D eigenvalue weighted by molar-refractivity contribution is -0.138.